The lowest BCUT2D eigenvalue weighted by Gasteiger charge is -2.22. The number of amides is 2. The summed E-state index contributed by atoms with van der Waals surface area (Å²) in [6.45, 7) is -0.0293. The molecule has 1 unspecified atom stereocenters. The highest BCUT2D eigenvalue weighted by Crippen LogP contribution is 2.29. The van der Waals surface area contributed by atoms with Gasteiger partial charge in [0.05, 0.1) is 23.7 Å². The van der Waals surface area contributed by atoms with Crippen LogP contribution < -0.4 is 15.0 Å². The van der Waals surface area contributed by atoms with Gasteiger partial charge in [-0.15, -0.1) is 11.3 Å². The fraction of sp³-hybridized carbons (Fsp3) is 0.185. The van der Waals surface area contributed by atoms with Crippen LogP contribution in [0, 0.1) is 0 Å². The first-order valence-electron chi connectivity index (χ1n) is 11.5. The number of carbonyl (C=O) groups excluding carboxylic acids is 2. The molecule has 0 saturated heterocycles. The highest BCUT2D eigenvalue weighted by atomic mass is 32.1. The van der Waals surface area contributed by atoms with E-state index in [0.29, 0.717) is 27.8 Å². The van der Waals surface area contributed by atoms with Crippen molar-refractivity contribution in [2.75, 3.05) is 37.9 Å². The molecule has 9 nitrogen and oxygen atoms in total. The van der Waals surface area contributed by atoms with Gasteiger partial charge in [-0.25, -0.2) is 14.8 Å². The number of benzene rings is 2. The van der Waals surface area contributed by atoms with Crippen molar-refractivity contribution in [3.05, 3.63) is 88.7 Å². The average Bonchev–Trinajstić information content (AvgIpc) is 3.45. The highest BCUT2D eigenvalue weighted by molar-refractivity contribution is 7.12. The SMILES string of the molecule is CN(CC(O)c1cccc(NC(=O)c2cccs2)c1)C(=O)Oc1cnc(N(C)C)nc1-c1ccccc1. The lowest BCUT2D eigenvalue weighted by atomic mass is 10.1. The van der Waals surface area contributed by atoms with Crippen LogP contribution in [0.2, 0.25) is 0 Å². The summed E-state index contributed by atoms with van der Waals surface area (Å²) in [5, 5.41) is 15.4. The first kappa shape index (κ1) is 25.8. The molecule has 0 radical (unpaired) electrons. The number of thiophene rings is 1. The molecule has 190 valence electrons. The van der Waals surface area contributed by atoms with Crippen molar-refractivity contribution in [1.82, 2.24) is 14.9 Å². The van der Waals surface area contributed by atoms with Gasteiger partial charge >= 0.3 is 6.09 Å². The normalized spacial score (nSPS) is 11.5. The summed E-state index contributed by atoms with van der Waals surface area (Å²) in [7, 11) is 5.19. The summed E-state index contributed by atoms with van der Waals surface area (Å²) in [4.78, 5) is 37.7. The molecule has 0 spiro atoms. The van der Waals surface area contributed by atoms with Gasteiger partial charge in [-0.05, 0) is 29.1 Å². The Morgan fingerprint density at radius 2 is 1.84 bits per heavy atom. The summed E-state index contributed by atoms with van der Waals surface area (Å²) in [6.07, 6.45) is -0.205. The molecule has 2 amide bonds. The third kappa shape index (κ3) is 6.49. The maximum absolute atomic E-state index is 12.9. The maximum atomic E-state index is 12.9. The van der Waals surface area contributed by atoms with Crippen molar-refractivity contribution in [1.29, 1.82) is 0 Å². The minimum Gasteiger partial charge on any atom is -0.406 e. The van der Waals surface area contributed by atoms with E-state index in [1.807, 2.05) is 49.8 Å². The van der Waals surface area contributed by atoms with Crippen molar-refractivity contribution in [2.24, 2.45) is 0 Å². The molecule has 4 rings (SSSR count). The number of likely N-dealkylation sites (N-methyl/N-ethyl adjacent to an activating group) is 1. The third-order valence-electron chi connectivity index (χ3n) is 5.42. The molecule has 0 fully saturated rings. The van der Waals surface area contributed by atoms with E-state index in [9.17, 15) is 14.7 Å². The van der Waals surface area contributed by atoms with E-state index >= 15 is 0 Å². The van der Waals surface area contributed by atoms with Gasteiger partial charge in [0.15, 0.2) is 5.75 Å². The first-order chi connectivity index (χ1) is 17.8. The number of nitrogens with one attached hydrogen (secondary N) is 1. The van der Waals surface area contributed by atoms with Crippen LogP contribution in [0.5, 0.6) is 5.75 Å². The van der Waals surface area contributed by atoms with Crippen LogP contribution in [0.1, 0.15) is 21.3 Å². The van der Waals surface area contributed by atoms with Crippen molar-refractivity contribution >= 4 is 35.0 Å². The van der Waals surface area contributed by atoms with Gasteiger partial charge in [0.1, 0.15) is 5.69 Å². The standard InChI is InChI=1S/C27H27N5O4S/c1-31(2)26-28-16-22(24(30-26)18-9-5-4-6-10-18)36-27(35)32(3)17-21(33)19-11-7-12-20(15-19)29-25(34)23-13-8-14-37-23/h4-16,21,33H,17H2,1-3H3,(H,29,34). The van der Waals surface area contributed by atoms with Crippen molar-refractivity contribution in [3.63, 3.8) is 0 Å². The molecule has 4 aromatic rings. The molecule has 0 saturated carbocycles. The summed E-state index contributed by atoms with van der Waals surface area (Å²) in [5.74, 6) is 0.467. The Balaban J connectivity index is 1.44. The summed E-state index contributed by atoms with van der Waals surface area (Å²) >= 11 is 1.34. The van der Waals surface area contributed by atoms with E-state index in [1.54, 1.807) is 41.3 Å². The molecular weight excluding hydrogens is 490 g/mol. The summed E-state index contributed by atoms with van der Waals surface area (Å²) in [6, 6.07) is 19.8. The summed E-state index contributed by atoms with van der Waals surface area (Å²) < 4.78 is 5.63. The number of anilines is 2. The fourth-order valence-corrected chi connectivity index (χ4v) is 4.11. The van der Waals surface area contributed by atoms with E-state index < -0.39 is 12.2 Å². The first-order valence-corrected chi connectivity index (χ1v) is 12.4. The number of hydrogen-bond acceptors (Lipinski definition) is 8. The molecule has 37 heavy (non-hydrogen) atoms. The second-order valence-corrected chi connectivity index (χ2v) is 9.41. The van der Waals surface area contributed by atoms with Gasteiger partial charge in [-0.3, -0.25) is 4.79 Å². The van der Waals surface area contributed by atoms with Crippen LogP contribution >= 0.6 is 11.3 Å². The topological polar surface area (TPSA) is 108 Å². The molecule has 2 heterocycles. The third-order valence-corrected chi connectivity index (χ3v) is 6.29. The summed E-state index contributed by atoms with van der Waals surface area (Å²) in [5.41, 5.74) is 2.36. The van der Waals surface area contributed by atoms with E-state index in [1.165, 1.54) is 29.5 Å². The number of ether oxygens (including phenoxy) is 1. The molecular formula is C27H27N5O4S. The Morgan fingerprint density at radius 3 is 2.54 bits per heavy atom. The van der Waals surface area contributed by atoms with E-state index in [-0.39, 0.29) is 18.2 Å². The molecule has 0 aliphatic carbocycles. The predicted molar refractivity (Wildman–Crippen MR) is 144 cm³/mol. The van der Waals surface area contributed by atoms with Gasteiger partial charge in [0, 0.05) is 32.4 Å². The zero-order chi connectivity index (χ0) is 26.4. The second kappa shape index (κ2) is 11.6. The van der Waals surface area contributed by atoms with Crippen LogP contribution in [0.4, 0.5) is 16.4 Å². The Morgan fingerprint density at radius 1 is 1.05 bits per heavy atom. The number of aliphatic hydroxyl groups is 1. The van der Waals surface area contributed by atoms with Gasteiger partial charge in [-0.2, -0.15) is 0 Å². The smallest absolute Gasteiger partial charge is 0.406 e. The van der Waals surface area contributed by atoms with Crippen LogP contribution in [0.25, 0.3) is 11.3 Å². The van der Waals surface area contributed by atoms with E-state index in [4.69, 9.17) is 4.74 Å². The van der Waals surface area contributed by atoms with Crippen molar-refractivity contribution in [3.8, 4) is 17.0 Å². The van der Waals surface area contributed by atoms with E-state index in [2.05, 4.69) is 15.3 Å². The van der Waals surface area contributed by atoms with Crippen LogP contribution in [0.15, 0.2) is 78.3 Å². The lowest BCUT2D eigenvalue weighted by Crippen LogP contribution is -2.33. The highest BCUT2D eigenvalue weighted by Gasteiger charge is 2.21. The maximum Gasteiger partial charge on any atom is 0.415 e. The van der Waals surface area contributed by atoms with Crippen LogP contribution in [-0.2, 0) is 0 Å². The Hall–Kier alpha value is -4.28. The van der Waals surface area contributed by atoms with E-state index in [0.717, 1.165) is 5.56 Å². The van der Waals surface area contributed by atoms with Crippen LogP contribution in [0.3, 0.4) is 0 Å². The number of nitrogens with zero attached hydrogens (tertiary/aromatic N) is 4. The molecule has 0 aliphatic rings. The van der Waals surface area contributed by atoms with Gasteiger partial charge in [-0.1, -0.05) is 48.5 Å². The average molecular weight is 518 g/mol. The Kier molecular flexibility index (Phi) is 8.11. The quantitative estimate of drug-likeness (QED) is 0.349. The Labute approximate surface area is 219 Å². The molecule has 0 aliphatic heterocycles. The largest absolute Gasteiger partial charge is 0.415 e. The molecule has 0 bridgehead atoms. The number of hydrogen-bond donors (Lipinski definition) is 2. The van der Waals surface area contributed by atoms with Crippen LogP contribution in [-0.4, -0.2) is 59.7 Å². The number of carbonyl (C=O) groups is 2. The zero-order valence-corrected chi connectivity index (χ0v) is 21.5. The minimum atomic E-state index is -1.00. The zero-order valence-electron chi connectivity index (χ0n) is 20.7. The molecule has 2 aromatic heterocycles. The molecule has 1 atom stereocenters. The fourth-order valence-electron chi connectivity index (χ4n) is 3.49. The lowest BCUT2D eigenvalue weighted by molar-refractivity contribution is 0.103. The number of aliphatic hydroxyl groups excluding tert-OH is 1. The van der Waals surface area contributed by atoms with Gasteiger partial charge in [0.25, 0.3) is 5.91 Å². The molecule has 2 aromatic carbocycles. The Bertz CT molecular complexity index is 1360. The second-order valence-electron chi connectivity index (χ2n) is 8.46. The van der Waals surface area contributed by atoms with Crippen molar-refractivity contribution in [2.45, 2.75) is 6.10 Å². The number of aromatic nitrogens is 2. The molecule has 2 N–H and O–H groups in total. The predicted octanol–water partition coefficient (Wildman–Crippen LogP) is 4.69. The van der Waals surface area contributed by atoms with Crippen molar-refractivity contribution < 1.29 is 19.4 Å². The monoisotopic (exact) mass is 517 g/mol. The molecule has 10 heteroatoms. The minimum absolute atomic E-state index is 0.0293. The number of rotatable bonds is 8. The van der Waals surface area contributed by atoms with Gasteiger partial charge < -0.3 is 25.0 Å². The van der Waals surface area contributed by atoms with Gasteiger partial charge in [0.2, 0.25) is 5.95 Å².